The zero-order valence-corrected chi connectivity index (χ0v) is 15.6. The highest BCUT2D eigenvalue weighted by Gasteiger charge is 2.26. The molecule has 3 rings (SSSR count). The molecule has 1 aliphatic rings. The Morgan fingerprint density at radius 2 is 2.00 bits per heavy atom. The summed E-state index contributed by atoms with van der Waals surface area (Å²) in [6.45, 7) is 1.53. The predicted octanol–water partition coefficient (Wildman–Crippen LogP) is 1.49. The van der Waals surface area contributed by atoms with Gasteiger partial charge in [-0.1, -0.05) is 12.1 Å². The third-order valence-corrected chi connectivity index (χ3v) is 6.81. The fourth-order valence-electron chi connectivity index (χ4n) is 2.51. The summed E-state index contributed by atoms with van der Waals surface area (Å²) in [4.78, 5) is 15.7. The maximum absolute atomic E-state index is 12.6. The molecule has 0 aliphatic carbocycles. The van der Waals surface area contributed by atoms with Crippen molar-refractivity contribution < 1.29 is 17.9 Å². The van der Waals surface area contributed by atoms with Gasteiger partial charge in [0.1, 0.15) is 4.90 Å². The number of hydrogen-bond donors (Lipinski definition) is 1. The summed E-state index contributed by atoms with van der Waals surface area (Å²) >= 11 is 1.46. The smallest absolute Gasteiger partial charge is 0.248 e. The van der Waals surface area contributed by atoms with Gasteiger partial charge in [-0.2, -0.15) is 4.31 Å². The van der Waals surface area contributed by atoms with Crippen LogP contribution >= 0.6 is 11.8 Å². The van der Waals surface area contributed by atoms with Crippen LogP contribution in [0.4, 0.5) is 0 Å². The van der Waals surface area contributed by atoms with Gasteiger partial charge in [0.05, 0.1) is 18.2 Å². The first kappa shape index (κ1) is 18.8. The Morgan fingerprint density at radius 1 is 1.23 bits per heavy atom. The second-order valence-electron chi connectivity index (χ2n) is 5.70. The lowest BCUT2D eigenvalue weighted by atomic mass is 10.1. The molecule has 1 aliphatic heterocycles. The third kappa shape index (κ3) is 4.42. The van der Waals surface area contributed by atoms with Crippen LogP contribution in [0.25, 0.3) is 0 Å². The van der Waals surface area contributed by atoms with Gasteiger partial charge >= 0.3 is 0 Å². The Bertz CT molecular complexity index is 879. The molecule has 9 heteroatoms. The van der Waals surface area contributed by atoms with Crippen molar-refractivity contribution in [1.82, 2.24) is 9.29 Å². The van der Waals surface area contributed by atoms with Crippen LogP contribution in [-0.4, -0.2) is 49.9 Å². The molecule has 1 aromatic heterocycles. The van der Waals surface area contributed by atoms with Crippen molar-refractivity contribution in [2.24, 2.45) is 5.73 Å². The molecule has 0 saturated carbocycles. The number of pyridine rings is 1. The van der Waals surface area contributed by atoms with Crippen molar-refractivity contribution in [2.45, 2.75) is 15.7 Å². The van der Waals surface area contributed by atoms with Crippen LogP contribution in [0.5, 0.6) is 0 Å². The Balaban J connectivity index is 1.66. The second-order valence-corrected chi connectivity index (χ2v) is 8.64. The number of nitrogens with zero attached hydrogens (tertiary/aromatic N) is 2. The number of carbonyl (C=O) groups is 1. The molecular formula is C17H19N3O4S2. The SMILES string of the molecule is NC(=O)c1cccc(CSc2ccc(S(=O)(=O)N3CCOCC3)cn2)c1. The van der Waals surface area contributed by atoms with Gasteiger partial charge < -0.3 is 10.5 Å². The van der Waals surface area contributed by atoms with E-state index in [1.807, 2.05) is 6.07 Å². The third-order valence-electron chi connectivity index (χ3n) is 3.92. The standard InChI is InChI=1S/C17H19N3O4S2/c18-17(21)14-3-1-2-13(10-14)12-25-16-5-4-15(11-19-16)26(22,23)20-6-8-24-9-7-20/h1-5,10-11H,6-9,12H2,(H2,18,21). The van der Waals surface area contributed by atoms with Crippen molar-refractivity contribution in [3.05, 3.63) is 53.7 Å². The normalized spacial score (nSPS) is 15.7. The summed E-state index contributed by atoms with van der Waals surface area (Å²) in [5, 5.41) is 0.704. The highest BCUT2D eigenvalue weighted by atomic mass is 32.2. The molecule has 0 bridgehead atoms. The molecule has 26 heavy (non-hydrogen) atoms. The summed E-state index contributed by atoms with van der Waals surface area (Å²) < 4.78 is 31.7. The van der Waals surface area contributed by atoms with Gasteiger partial charge in [-0.15, -0.1) is 11.8 Å². The molecule has 1 saturated heterocycles. The van der Waals surface area contributed by atoms with Crippen molar-refractivity contribution in [1.29, 1.82) is 0 Å². The number of ether oxygens (including phenoxy) is 1. The van der Waals surface area contributed by atoms with Gasteiger partial charge in [0.15, 0.2) is 0 Å². The van der Waals surface area contributed by atoms with E-state index in [9.17, 15) is 13.2 Å². The summed E-state index contributed by atoms with van der Waals surface area (Å²) in [5.74, 6) is 0.136. The molecule has 0 unspecified atom stereocenters. The monoisotopic (exact) mass is 393 g/mol. The first-order valence-electron chi connectivity index (χ1n) is 8.02. The average molecular weight is 393 g/mol. The number of amides is 1. The van der Waals surface area contributed by atoms with Crippen LogP contribution in [0.2, 0.25) is 0 Å². The lowest BCUT2D eigenvalue weighted by Gasteiger charge is -2.25. The van der Waals surface area contributed by atoms with Crippen molar-refractivity contribution in [3.63, 3.8) is 0 Å². The molecule has 2 N–H and O–H groups in total. The number of hydrogen-bond acceptors (Lipinski definition) is 6. The van der Waals surface area contributed by atoms with Crippen LogP contribution in [0.3, 0.4) is 0 Å². The molecule has 1 aromatic carbocycles. The zero-order valence-electron chi connectivity index (χ0n) is 14.0. The first-order valence-corrected chi connectivity index (χ1v) is 10.4. The lowest BCUT2D eigenvalue weighted by Crippen LogP contribution is -2.40. The predicted molar refractivity (Wildman–Crippen MR) is 98.3 cm³/mol. The van der Waals surface area contributed by atoms with E-state index in [4.69, 9.17) is 10.5 Å². The highest BCUT2D eigenvalue weighted by Crippen LogP contribution is 2.23. The Morgan fingerprint density at radius 3 is 2.65 bits per heavy atom. The van der Waals surface area contributed by atoms with E-state index in [1.54, 1.807) is 30.3 Å². The van der Waals surface area contributed by atoms with Crippen LogP contribution < -0.4 is 5.73 Å². The first-order chi connectivity index (χ1) is 12.5. The number of nitrogens with two attached hydrogens (primary N) is 1. The van der Waals surface area contributed by atoms with Gasteiger partial charge in [0.2, 0.25) is 15.9 Å². The van der Waals surface area contributed by atoms with E-state index in [-0.39, 0.29) is 4.90 Å². The number of aromatic nitrogens is 1. The average Bonchev–Trinajstić information content (AvgIpc) is 2.67. The molecule has 0 atom stereocenters. The van der Waals surface area contributed by atoms with E-state index in [0.717, 1.165) is 5.56 Å². The van der Waals surface area contributed by atoms with E-state index >= 15 is 0 Å². The molecule has 2 aromatic rings. The summed E-state index contributed by atoms with van der Waals surface area (Å²) in [6, 6.07) is 10.3. The lowest BCUT2D eigenvalue weighted by molar-refractivity contribution is 0.0730. The van der Waals surface area contributed by atoms with Gasteiger partial charge in [-0.05, 0) is 29.8 Å². The van der Waals surface area contributed by atoms with Gasteiger partial charge in [0, 0.05) is 30.6 Å². The van der Waals surface area contributed by atoms with Crippen molar-refractivity contribution in [2.75, 3.05) is 26.3 Å². The molecule has 0 spiro atoms. The number of thioether (sulfide) groups is 1. The van der Waals surface area contributed by atoms with Gasteiger partial charge in [-0.25, -0.2) is 13.4 Å². The second kappa shape index (κ2) is 8.17. The molecule has 0 radical (unpaired) electrons. The Kier molecular flexibility index (Phi) is 5.92. The number of sulfonamides is 1. The maximum atomic E-state index is 12.6. The van der Waals surface area contributed by atoms with Crippen LogP contribution in [0, 0.1) is 0 Å². The number of rotatable bonds is 6. The molecule has 2 heterocycles. The van der Waals surface area contributed by atoms with E-state index in [1.165, 1.54) is 22.3 Å². The fraction of sp³-hybridized carbons (Fsp3) is 0.294. The zero-order chi connectivity index (χ0) is 18.6. The van der Waals surface area contributed by atoms with Crippen molar-refractivity contribution >= 4 is 27.7 Å². The van der Waals surface area contributed by atoms with E-state index in [0.29, 0.717) is 42.6 Å². The number of morpholine rings is 1. The fourth-order valence-corrected chi connectivity index (χ4v) is 4.65. The van der Waals surface area contributed by atoms with Gasteiger partial charge in [0.25, 0.3) is 0 Å². The Labute approximate surface area is 156 Å². The summed E-state index contributed by atoms with van der Waals surface area (Å²) in [5.41, 5.74) is 6.69. The van der Waals surface area contributed by atoms with Gasteiger partial charge in [-0.3, -0.25) is 4.79 Å². The van der Waals surface area contributed by atoms with Crippen molar-refractivity contribution in [3.8, 4) is 0 Å². The number of primary amides is 1. The minimum Gasteiger partial charge on any atom is -0.379 e. The van der Waals surface area contributed by atoms with Crippen LogP contribution in [0.1, 0.15) is 15.9 Å². The maximum Gasteiger partial charge on any atom is 0.248 e. The number of carbonyl (C=O) groups excluding carboxylic acids is 1. The summed E-state index contributed by atoms with van der Waals surface area (Å²) in [6.07, 6.45) is 1.38. The van der Waals surface area contributed by atoms with E-state index in [2.05, 4.69) is 4.98 Å². The summed E-state index contributed by atoms with van der Waals surface area (Å²) in [7, 11) is -3.53. The van der Waals surface area contributed by atoms with E-state index < -0.39 is 15.9 Å². The Hall–Kier alpha value is -1.94. The molecular weight excluding hydrogens is 374 g/mol. The quantitative estimate of drug-likeness (QED) is 0.746. The topological polar surface area (TPSA) is 103 Å². The molecule has 138 valence electrons. The molecule has 1 fully saturated rings. The molecule has 1 amide bonds. The minimum atomic E-state index is -3.53. The highest BCUT2D eigenvalue weighted by molar-refractivity contribution is 7.98. The van der Waals surface area contributed by atoms with Crippen LogP contribution in [0.15, 0.2) is 52.5 Å². The largest absolute Gasteiger partial charge is 0.379 e. The van der Waals surface area contributed by atoms with Crippen LogP contribution in [-0.2, 0) is 20.5 Å². The minimum absolute atomic E-state index is 0.180. The number of benzene rings is 1. The molecule has 7 nitrogen and oxygen atoms in total.